The maximum Gasteiger partial charge on any atom is 0.267 e. The maximum absolute atomic E-state index is 12.9. The fraction of sp³-hybridized carbons (Fsp3) is 0.111. The zero-order valence-electron chi connectivity index (χ0n) is 13.0. The molecule has 0 bridgehead atoms. The minimum Gasteiger partial charge on any atom is -0.357 e. The first kappa shape index (κ1) is 16.1. The van der Waals surface area contributed by atoms with Crippen LogP contribution in [0.5, 0.6) is 0 Å². The SMILES string of the molecule is Cc1nc(NCc2ccc(F)cc2)sc1C(=O)Nc1ccccc1. The second-order valence-electron chi connectivity index (χ2n) is 5.23. The Morgan fingerprint density at radius 2 is 1.83 bits per heavy atom. The van der Waals surface area contributed by atoms with Crippen molar-refractivity contribution in [3.63, 3.8) is 0 Å². The molecule has 1 aromatic heterocycles. The number of aromatic nitrogens is 1. The van der Waals surface area contributed by atoms with E-state index in [0.29, 0.717) is 22.2 Å². The number of nitrogens with zero attached hydrogens (tertiary/aromatic N) is 1. The number of anilines is 2. The molecule has 6 heteroatoms. The van der Waals surface area contributed by atoms with Crippen LogP contribution in [0.15, 0.2) is 54.6 Å². The molecule has 0 atom stereocenters. The Morgan fingerprint density at radius 1 is 1.12 bits per heavy atom. The minimum atomic E-state index is -0.260. The summed E-state index contributed by atoms with van der Waals surface area (Å²) in [5.41, 5.74) is 2.37. The van der Waals surface area contributed by atoms with Crippen LogP contribution in [0, 0.1) is 12.7 Å². The predicted molar refractivity (Wildman–Crippen MR) is 95.0 cm³/mol. The molecule has 3 aromatic rings. The molecule has 1 amide bonds. The van der Waals surface area contributed by atoms with Gasteiger partial charge < -0.3 is 10.6 Å². The Hall–Kier alpha value is -2.73. The lowest BCUT2D eigenvalue weighted by Gasteiger charge is -2.03. The first-order valence-electron chi connectivity index (χ1n) is 7.44. The molecule has 0 unspecified atom stereocenters. The largest absolute Gasteiger partial charge is 0.357 e. The van der Waals surface area contributed by atoms with Gasteiger partial charge in [-0.15, -0.1) is 0 Å². The van der Waals surface area contributed by atoms with Gasteiger partial charge in [-0.3, -0.25) is 4.79 Å². The number of para-hydroxylation sites is 1. The number of nitrogens with one attached hydrogen (secondary N) is 2. The Morgan fingerprint density at radius 3 is 2.54 bits per heavy atom. The number of carbonyl (C=O) groups is 1. The first-order chi connectivity index (χ1) is 11.6. The van der Waals surface area contributed by atoms with Crippen molar-refractivity contribution in [2.75, 3.05) is 10.6 Å². The fourth-order valence-corrected chi connectivity index (χ4v) is 3.03. The summed E-state index contributed by atoms with van der Waals surface area (Å²) in [5, 5.41) is 6.68. The van der Waals surface area contributed by atoms with Gasteiger partial charge in [0.15, 0.2) is 5.13 Å². The van der Waals surface area contributed by atoms with Crippen LogP contribution in [-0.2, 0) is 6.54 Å². The van der Waals surface area contributed by atoms with E-state index in [1.807, 2.05) is 30.3 Å². The van der Waals surface area contributed by atoms with E-state index in [0.717, 1.165) is 11.3 Å². The molecule has 4 nitrogen and oxygen atoms in total. The minimum absolute atomic E-state index is 0.175. The van der Waals surface area contributed by atoms with Gasteiger partial charge in [0, 0.05) is 12.2 Å². The summed E-state index contributed by atoms with van der Waals surface area (Å²) in [7, 11) is 0. The summed E-state index contributed by atoms with van der Waals surface area (Å²) in [5.74, 6) is -0.435. The monoisotopic (exact) mass is 341 g/mol. The molecule has 3 rings (SSSR count). The van der Waals surface area contributed by atoms with Crippen molar-refractivity contribution in [1.82, 2.24) is 4.98 Å². The van der Waals surface area contributed by atoms with Gasteiger partial charge in [0.05, 0.1) is 5.69 Å². The molecule has 1 heterocycles. The summed E-state index contributed by atoms with van der Waals surface area (Å²) in [6.45, 7) is 2.33. The zero-order valence-corrected chi connectivity index (χ0v) is 13.9. The molecule has 0 saturated heterocycles. The van der Waals surface area contributed by atoms with Gasteiger partial charge in [0.1, 0.15) is 10.7 Å². The molecule has 24 heavy (non-hydrogen) atoms. The molecular weight excluding hydrogens is 325 g/mol. The van der Waals surface area contributed by atoms with Crippen LogP contribution in [0.3, 0.4) is 0 Å². The van der Waals surface area contributed by atoms with Crippen LogP contribution in [0.4, 0.5) is 15.2 Å². The Labute approximate surface area is 143 Å². The third-order valence-electron chi connectivity index (χ3n) is 3.39. The maximum atomic E-state index is 12.9. The highest BCUT2D eigenvalue weighted by atomic mass is 32.1. The molecule has 0 spiro atoms. The van der Waals surface area contributed by atoms with Crippen molar-refractivity contribution in [2.24, 2.45) is 0 Å². The topological polar surface area (TPSA) is 54.0 Å². The predicted octanol–water partition coefficient (Wildman–Crippen LogP) is 4.46. The number of hydrogen-bond acceptors (Lipinski definition) is 4. The van der Waals surface area contributed by atoms with E-state index in [1.165, 1.54) is 23.5 Å². The number of halogens is 1. The molecule has 0 radical (unpaired) electrons. The van der Waals surface area contributed by atoms with Crippen molar-refractivity contribution < 1.29 is 9.18 Å². The molecule has 0 aliphatic carbocycles. The molecule has 0 saturated carbocycles. The molecule has 0 fully saturated rings. The van der Waals surface area contributed by atoms with Gasteiger partial charge in [-0.25, -0.2) is 9.37 Å². The smallest absolute Gasteiger partial charge is 0.267 e. The number of rotatable bonds is 5. The highest BCUT2D eigenvalue weighted by Crippen LogP contribution is 2.24. The average Bonchev–Trinajstić information content (AvgIpc) is 2.96. The van der Waals surface area contributed by atoms with Crippen LogP contribution in [0.1, 0.15) is 20.9 Å². The number of thiazole rings is 1. The van der Waals surface area contributed by atoms with Crippen LogP contribution < -0.4 is 10.6 Å². The third kappa shape index (κ3) is 3.97. The van der Waals surface area contributed by atoms with Crippen molar-refractivity contribution in [2.45, 2.75) is 13.5 Å². The molecule has 2 N–H and O–H groups in total. The average molecular weight is 341 g/mol. The lowest BCUT2D eigenvalue weighted by atomic mass is 10.2. The van der Waals surface area contributed by atoms with E-state index >= 15 is 0 Å². The number of aryl methyl sites for hydroxylation is 1. The lowest BCUT2D eigenvalue weighted by Crippen LogP contribution is -2.11. The quantitative estimate of drug-likeness (QED) is 0.720. The van der Waals surface area contributed by atoms with Crippen LogP contribution >= 0.6 is 11.3 Å². The number of carbonyl (C=O) groups excluding carboxylic acids is 1. The summed E-state index contributed by atoms with van der Waals surface area (Å²) in [6.07, 6.45) is 0. The van der Waals surface area contributed by atoms with Crippen molar-refractivity contribution in [3.05, 3.63) is 76.5 Å². The number of hydrogen-bond donors (Lipinski definition) is 2. The summed E-state index contributed by atoms with van der Waals surface area (Å²) in [4.78, 5) is 17.3. The molecule has 122 valence electrons. The molecule has 0 aliphatic rings. The highest BCUT2D eigenvalue weighted by molar-refractivity contribution is 7.17. The number of benzene rings is 2. The highest BCUT2D eigenvalue weighted by Gasteiger charge is 2.15. The van der Waals surface area contributed by atoms with Crippen molar-refractivity contribution in [1.29, 1.82) is 0 Å². The Balaban J connectivity index is 1.66. The number of amides is 1. The van der Waals surface area contributed by atoms with Gasteiger partial charge in [-0.2, -0.15) is 0 Å². The van der Waals surface area contributed by atoms with Crippen LogP contribution in [0.2, 0.25) is 0 Å². The first-order valence-corrected chi connectivity index (χ1v) is 8.25. The normalized spacial score (nSPS) is 10.4. The van der Waals surface area contributed by atoms with E-state index < -0.39 is 0 Å². The molecular formula is C18H16FN3OS. The van der Waals surface area contributed by atoms with Gasteiger partial charge in [0.25, 0.3) is 5.91 Å². The van der Waals surface area contributed by atoms with E-state index in [9.17, 15) is 9.18 Å². The van der Waals surface area contributed by atoms with E-state index in [4.69, 9.17) is 0 Å². The van der Waals surface area contributed by atoms with Crippen molar-refractivity contribution in [3.8, 4) is 0 Å². The Bertz CT molecular complexity index is 831. The van der Waals surface area contributed by atoms with Crippen LogP contribution in [-0.4, -0.2) is 10.9 Å². The zero-order chi connectivity index (χ0) is 16.9. The van der Waals surface area contributed by atoms with E-state index in [1.54, 1.807) is 19.1 Å². The second-order valence-corrected chi connectivity index (χ2v) is 6.23. The Kier molecular flexibility index (Phi) is 4.86. The summed E-state index contributed by atoms with van der Waals surface area (Å²) < 4.78 is 12.9. The van der Waals surface area contributed by atoms with Gasteiger partial charge in [-0.1, -0.05) is 41.7 Å². The summed E-state index contributed by atoms with van der Waals surface area (Å²) in [6, 6.07) is 15.6. The fourth-order valence-electron chi connectivity index (χ4n) is 2.17. The second kappa shape index (κ2) is 7.23. The third-order valence-corrected chi connectivity index (χ3v) is 4.51. The van der Waals surface area contributed by atoms with Crippen molar-refractivity contribution >= 4 is 28.1 Å². The van der Waals surface area contributed by atoms with Gasteiger partial charge >= 0.3 is 0 Å². The van der Waals surface area contributed by atoms with Crippen LogP contribution in [0.25, 0.3) is 0 Å². The molecule has 2 aromatic carbocycles. The van der Waals surface area contributed by atoms with E-state index in [-0.39, 0.29) is 11.7 Å². The lowest BCUT2D eigenvalue weighted by molar-refractivity contribution is 0.103. The van der Waals surface area contributed by atoms with Gasteiger partial charge in [-0.05, 0) is 36.8 Å². The summed E-state index contributed by atoms with van der Waals surface area (Å²) >= 11 is 1.30. The standard InChI is InChI=1S/C18H16FN3OS/c1-12-16(17(23)22-15-5-3-2-4-6-15)24-18(21-12)20-11-13-7-9-14(19)10-8-13/h2-10H,11H2,1H3,(H,20,21)(H,22,23). The van der Waals surface area contributed by atoms with Gasteiger partial charge in [0.2, 0.25) is 0 Å². The van der Waals surface area contributed by atoms with E-state index in [2.05, 4.69) is 15.6 Å². The molecule has 0 aliphatic heterocycles.